The van der Waals surface area contributed by atoms with Crippen LogP contribution in [0.4, 0.5) is 10.1 Å². The molecule has 0 spiro atoms. The maximum atomic E-state index is 13.0. The van der Waals surface area contributed by atoms with Gasteiger partial charge < -0.3 is 9.64 Å². The summed E-state index contributed by atoms with van der Waals surface area (Å²) in [5.41, 5.74) is 2.14. The van der Waals surface area contributed by atoms with Gasteiger partial charge in [-0.25, -0.2) is 9.37 Å². The molecular formula is C19H22FN5O2. The van der Waals surface area contributed by atoms with E-state index in [-0.39, 0.29) is 17.5 Å². The number of nitrogens with zero attached hydrogens (tertiary/aromatic N) is 4. The van der Waals surface area contributed by atoms with Gasteiger partial charge in [-0.1, -0.05) is 12.1 Å². The van der Waals surface area contributed by atoms with Crippen LogP contribution in [-0.4, -0.2) is 38.8 Å². The monoisotopic (exact) mass is 371 g/mol. The highest BCUT2D eigenvalue weighted by Gasteiger charge is 2.24. The predicted octanol–water partition coefficient (Wildman–Crippen LogP) is 2.36. The molecule has 0 bridgehead atoms. The minimum Gasteiger partial charge on any atom is -0.373 e. The number of halogens is 1. The average Bonchev–Trinajstić information content (AvgIpc) is 3.03. The summed E-state index contributed by atoms with van der Waals surface area (Å²) in [5, 5.41) is 2.94. The molecule has 2 aromatic heterocycles. The summed E-state index contributed by atoms with van der Waals surface area (Å²) < 4.78 is 20.3. The third-order valence-electron chi connectivity index (χ3n) is 4.91. The Bertz CT molecular complexity index is 1000. The minimum atomic E-state index is -0.244. The molecule has 142 valence electrons. The third kappa shape index (κ3) is 3.57. The Kier molecular flexibility index (Phi) is 4.65. The molecule has 0 atom stereocenters. The zero-order valence-electron chi connectivity index (χ0n) is 15.4. The van der Waals surface area contributed by atoms with E-state index in [4.69, 9.17) is 4.74 Å². The van der Waals surface area contributed by atoms with Crippen molar-refractivity contribution in [3.63, 3.8) is 0 Å². The molecule has 0 amide bonds. The lowest BCUT2D eigenvalue weighted by molar-refractivity contribution is 0.0250. The number of H-pyrrole nitrogens is 1. The number of anilines is 1. The van der Waals surface area contributed by atoms with Crippen LogP contribution in [0.3, 0.4) is 0 Å². The fourth-order valence-corrected chi connectivity index (χ4v) is 3.52. The Morgan fingerprint density at radius 3 is 2.59 bits per heavy atom. The van der Waals surface area contributed by atoms with Crippen molar-refractivity contribution in [2.45, 2.75) is 39.4 Å². The van der Waals surface area contributed by atoms with Gasteiger partial charge >= 0.3 is 0 Å². The lowest BCUT2D eigenvalue weighted by atomic mass is 10.1. The van der Waals surface area contributed by atoms with Crippen molar-refractivity contribution in [1.82, 2.24) is 19.6 Å². The molecule has 1 aromatic carbocycles. The van der Waals surface area contributed by atoms with Crippen molar-refractivity contribution < 1.29 is 9.13 Å². The molecule has 1 aliphatic rings. The van der Waals surface area contributed by atoms with Gasteiger partial charge in [-0.3, -0.25) is 9.89 Å². The highest BCUT2D eigenvalue weighted by molar-refractivity contribution is 5.52. The van der Waals surface area contributed by atoms with Gasteiger partial charge in [0.25, 0.3) is 11.3 Å². The van der Waals surface area contributed by atoms with E-state index >= 15 is 0 Å². The number of hydrogen-bond donors (Lipinski definition) is 1. The van der Waals surface area contributed by atoms with Gasteiger partial charge in [-0.15, -0.1) is 0 Å². The van der Waals surface area contributed by atoms with Crippen LogP contribution in [0.1, 0.15) is 29.9 Å². The van der Waals surface area contributed by atoms with E-state index < -0.39 is 0 Å². The average molecular weight is 371 g/mol. The van der Waals surface area contributed by atoms with Gasteiger partial charge in [0.1, 0.15) is 17.3 Å². The number of aromatic amines is 1. The SMILES string of the molecule is Cc1nc2nc(C)c(N3CCC(OCc4ccc(F)cc4)CC3)c(=O)n2[nH]1. The van der Waals surface area contributed by atoms with E-state index in [1.54, 1.807) is 19.1 Å². The molecule has 0 unspecified atom stereocenters. The van der Waals surface area contributed by atoms with Crippen LogP contribution in [0.25, 0.3) is 5.78 Å². The summed E-state index contributed by atoms with van der Waals surface area (Å²) in [6.45, 7) is 5.56. The number of hydrogen-bond acceptors (Lipinski definition) is 5. The predicted molar refractivity (Wildman–Crippen MR) is 99.5 cm³/mol. The molecule has 0 aliphatic carbocycles. The Labute approximate surface area is 155 Å². The number of fused-ring (bicyclic) bond motifs is 1. The summed E-state index contributed by atoms with van der Waals surface area (Å²) >= 11 is 0. The summed E-state index contributed by atoms with van der Waals surface area (Å²) in [5.74, 6) is 0.812. The molecule has 1 aliphatic heterocycles. The van der Waals surface area contributed by atoms with Crippen LogP contribution in [0.2, 0.25) is 0 Å². The van der Waals surface area contributed by atoms with Crippen molar-refractivity contribution in [1.29, 1.82) is 0 Å². The van der Waals surface area contributed by atoms with E-state index in [2.05, 4.69) is 20.0 Å². The maximum Gasteiger partial charge on any atom is 0.297 e. The normalized spacial score (nSPS) is 15.6. The number of piperidine rings is 1. The van der Waals surface area contributed by atoms with E-state index in [0.717, 1.165) is 31.5 Å². The Morgan fingerprint density at radius 1 is 1.19 bits per heavy atom. The minimum absolute atomic E-state index is 0.121. The number of aromatic nitrogens is 4. The molecule has 0 radical (unpaired) electrons. The zero-order valence-corrected chi connectivity index (χ0v) is 15.4. The van der Waals surface area contributed by atoms with Crippen molar-refractivity contribution in [2.75, 3.05) is 18.0 Å². The standard InChI is InChI=1S/C19H22FN5O2/c1-12-17(18(26)25-19(21-12)22-13(2)23-25)24-9-7-16(8-10-24)27-11-14-3-5-15(20)6-4-14/h3-6,16H,7-11H2,1-2H3,(H,21,22,23). The van der Waals surface area contributed by atoms with Crippen LogP contribution < -0.4 is 10.5 Å². The molecule has 3 heterocycles. The van der Waals surface area contributed by atoms with Gasteiger partial charge in [0.15, 0.2) is 0 Å². The van der Waals surface area contributed by atoms with Gasteiger partial charge in [-0.2, -0.15) is 9.50 Å². The van der Waals surface area contributed by atoms with Crippen molar-refractivity contribution in [3.05, 3.63) is 57.5 Å². The second-order valence-electron chi connectivity index (χ2n) is 6.92. The molecule has 1 fully saturated rings. The molecule has 8 heteroatoms. The van der Waals surface area contributed by atoms with Crippen LogP contribution in [0, 0.1) is 19.7 Å². The molecule has 4 rings (SSSR count). The molecule has 1 saturated heterocycles. The number of aryl methyl sites for hydroxylation is 2. The van der Waals surface area contributed by atoms with Gasteiger partial charge in [-0.05, 0) is 44.4 Å². The lowest BCUT2D eigenvalue weighted by Crippen LogP contribution is -2.41. The second-order valence-corrected chi connectivity index (χ2v) is 6.92. The smallest absolute Gasteiger partial charge is 0.297 e. The summed E-state index contributed by atoms with van der Waals surface area (Å²) in [6, 6.07) is 6.36. The topological polar surface area (TPSA) is 75.5 Å². The first-order valence-electron chi connectivity index (χ1n) is 9.08. The Balaban J connectivity index is 1.42. The van der Waals surface area contributed by atoms with E-state index in [0.29, 0.717) is 29.6 Å². The molecule has 0 saturated carbocycles. The summed E-state index contributed by atoms with van der Waals surface area (Å²) in [7, 11) is 0. The van der Waals surface area contributed by atoms with Gasteiger partial charge in [0.2, 0.25) is 0 Å². The molecule has 7 nitrogen and oxygen atoms in total. The molecule has 3 aromatic rings. The molecule has 27 heavy (non-hydrogen) atoms. The van der Waals surface area contributed by atoms with Crippen LogP contribution in [0.5, 0.6) is 0 Å². The highest BCUT2D eigenvalue weighted by atomic mass is 19.1. The number of nitrogens with one attached hydrogen (secondary N) is 1. The fourth-order valence-electron chi connectivity index (χ4n) is 3.52. The second kappa shape index (κ2) is 7.11. The first-order chi connectivity index (χ1) is 13.0. The van der Waals surface area contributed by atoms with Crippen LogP contribution >= 0.6 is 0 Å². The van der Waals surface area contributed by atoms with Crippen molar-refractivity contribution in [2.24, 2.45) is 0 Å². The molecular weight excluding hydrogens is 349 g/mol. The molecule has 1 N–H and O–H groups in total. The van der Waals surface area contributed by atoms with Crippen molar-refractivity contribution in [3.8, 4) is 0 Å². The summed E-state index contributed by atoms with van der Waals surface area (Å²) in [4.78, 5) is 23.6. The van der Waals surface area contributed by atoms with E-state index in [1.807, 2.05) is 6.92 Å². The quantitative estimate of drug-likeness (QED) is 0.762. The van der Waals surface area contributed by atoms with Crippen LogP contribution in [-0.2, 0) is 11.3 Å². The summed E-state index contributed by atoms with van der Waals surface area (Å²) in [6.07, 6.45) is 1.77. The zero-order chi connectivity index (χ0) is 19.0. The number of rotatable bonds is 4. The number of ether oxygens (including phenoxy) is 1. The van der Waals surface area contributed by atoms with Gasteiger partial charge in [0.05, 0.1) is 18.4 Å². The van der Waals surface area contributed by atoms with Crippen molar-refractivity contribution >= 4 is 11.5 Å². The fraction of sp³-hybridized carbons (Fsp3) is 0.421. The Hall–Kier alpha value is -2.74. The Morgan fingerprint density at radius 2 is 1.89 bits per heavy atom. The van der Waals surface area contributed by atoms with Gasteiger partial charge in [0, 0.05) is 13.1 Å². The third-order valence-corrected chi connectivity index (χ3v) is 4.91. The van der Waals surface area contributed by atoms with E-state index in [1.165, 1.54) is 16.6 Å². The largest absolute Gasteiger partial charge is 0.373 e. The highest BCUT2D eigenvalue weighted by Crippen LogP contribution is 2.22. The lowest BCUT2D eigenvalue weighted by Gasteiger charge is -2.33. The van der Waals surface area contributed by atoms with E-state index in [9.17, 15) is 9.18 Å². The van der Waals surface area contributed by atoms with Crippen LogP contribution in [0.15, 0.2) is 29.1 Å². The first-order valence-corrected chi connectivity index (χ1v) is 9.08. The number of benzene rings is 1. The maximum absolute atomic E-state index is 13.0. The first kappa shape index (κ1) is 17.7.